The highest BCUT2D eigenvalue weighted by atomic mass is 19.1. The topological polar surface area (TPSA) is 112 Å². The van der Waals surface area contributed by atoms with E-state index in [1.54, 1.807) is 25.1 Å². The van der Waals surface area contributed by atoms with E-state index in [1.165, 1.54) is 12.5 Å². The van der Waals surface area contributed by atoms with Crippen molar-refractivity contribution >= 4 is 11.9 Å². The second-order valence-corrected chi connectivity index (χ2v) is 11.1. The van der Waals surface area contributed by atoms with Gasteiger partial charge in [-0.25, -0.2) is 9.18 Å². The van der Waals surface area contributed by atoms with E-state index < -0.39 is 24.5 Å². The Labute approximate surface area is 259 Å². The van der Waals surface area contributed by atoms with E-state index in [0.29, 0.717) is 28.5 Å². The van der Waals surface area contributed by atoms with Crippen LogP contribution in [0.1, 0.15) is 63.9 Å². The summed E-state index contributed by atoms with van der Waals surface area (Å²) in [4.78, 5) is 23.6. The maximum Gasteiger partial charge on any atom is 0.335 e. The number of carbonyl (C=O) groups is 2. The highest BCUT2D eigenvalue weighted by Crippen LogP contribution is 2.40. The fourth-order valence-electron chi connectivity index (χ4n) is 5.18. The summed E-state index contributed by atoms with van der Waals surface area (Å²) in [6.45, 7) is 6.22. The number of esters is 2. The third-order valence-corrected chi connectivity index (χ3v) is 7.82. The molecular formula is C35H45FO8. The number of allylic oxidation sites excluding steroid dienone is 2. The Balaban J connectivity index is 1.70. The first-order chi connectivity index (χ1) is 21.2. The molecule has 2 aromatic rings. The highest BCUT2D eigenvalue weighted by molar-refractivity contribution is 5.87. The van der Waals surface area contributed by atoms with Crippen LogP contribution in [0, 0.1) is 17.7 Å². The van der Waals surface area contributed by atoms with E-state index in [4.69, 9.17) is 29.2 Å². The average Bonchev–Trinajstić information content (AvgIpc) is 3.04. The molecule has 240 valence electrons. The van der Waals surface area contributed by atoms with Gasteiger partial charge >= 0.3 is 11.9 Å². The lowest BCUT2D eigenvalue weighted by atomic mass is 9.77. The SMILES string of the molecule is C=C(CO)C(=O)OCCOc1cc(OCCOC(=O)C(C)CO)cc(-c2ccc(C3CCC(CC/C=C/C)CC3)c(F)c2)c1. The van der Waals surface area contributed by atoms with E-state index in [2.05, 4.69) is 18.7 Å². The minimum absolute atomic E-state index is 0.0187. The van der Waals surface area contributed by atoms with Gasteiger partial charge in [0.1, 0.15) is 43.7 Å². The molecule has 0 aliphatic heterocycles. The molecule has 0 bridgehead atoms. The summed E-state index contributed by atoms with van der Waals surface area (Å²) < 4.78 is 37.3. The summed E-state index contributed by atoms with van der Waals surface area (Å²) in [6.07, 6.45) is 10.8. The van der Waals surface area contributed by atoms with E-state index in [9.17, 15) is 9.59 Å². The molecule has 2 aromatic carbocycles. The van der Waals surface area contributed by atoms with Crippen molar-refractivity contribution in [3.05, 3.63) is 72.1 Å². The van der Waals surface area contributed by atoms with Gasteiger partial charge in [-0.15, -0.1) is 0 Å². The summed E-state index contributed by atoms with van der Waals surface area (Å²) >= 11 is 0. The molecule has 0 heterocycles. The molecule has 1 saturated carbocycles. The summed E-state index contributed by atoms with van der Waals surface area (Å²) in [6, 6.07) is 10.4. The van der Waals surface area contributed by atoms with Crippen LogP contribution in [0.25, 0.3) is 11.1 Å². The maximum absolute atomic E-state index is 15.5. The van der Waals surface area contributed by atoms with Crippen molar-refractivity contribution in [2.45, 2.75) is 58.3 Å². The predicted octanol–water partition coefficient (Wildman–Crippen LogP) is 6.14. The van der Waals surface area contributed by atoms with Crippen molar-refractivity contribution in [3.63, 3.8) is 0 Å². The molecule has 0 radical (unpaired) electrons. The first kappa shape index (κ1) is 34.8. The zero-order valence-electron chi connectivity index (χ0n) is 25.8. The van der Waals surface area contributed by atoms with E-state index in [-0.39, 0.29) is 50.3 Å². The molecule has 0 spiro atoms. The van der Waals surface area contributed by atoms with E-state index in [0.717, 1.165) is 37.7 Å². The fraction of sp³-hybridized carbons (Fsp3) is 0.486. The van der Waals surface area contributed by atoms with Crippen LogP contribution in [0.4, 0.5) is 4.39 Å². The third kappa shape index (κ3) is 10.8. The van der Waals surface area contributed by atoms with E-state index in [1.807, 2.05) is 19.1 Å². The van der Waals surface area contributed by atoms with Gasteiger partial charge in [-0.2, -0.15) is 0 Å². The van der Waals surface area contributed by atoms with E-state index >= 15 is 4.39 Å². The number of ether oxygens (including phenoxy) is 4. The van der Waals surface area contributed by atoms with Crippen LogP contribution in [0.2, 0.25) is 0 Å². The monoisotopic (exact) mass is 612 g/mol. The van der Waals surface area contributed by atoms with Crippen LogP contribution in [0.3, 0.4) is 0 Å². The van der Waals surface area contributed by atoms with Crippen LogP contribution < -0.4 is 9.47 Å². The highest BCUT2D eigenvalue weighted by Gasteiger charge is 2.24. The third-order valence-electron chi connectivity index (χ3n) is 7.82. The molecule has 0 saturated heterocycles. The molecule has 1 atom stereocenters. The second-order valence-electron chi connectivity index (χ2n) is 11.1. The molecule has 1 fully saturated rings. The lowest BCUT2D eigenvalue weighted by Crippen LogP contribution is -2.20. The van der Waals surface area contributed by atoms with Gasteiger partial charge in [0, 0.05) is 6.07 Å². The molecule has 1 unspecified atom stereocenters. The molecule has 44 heavy (non-hydrogen) atoms. The number of rotatable bonds is 17. The van der Waals surface area contributed by atoms with Crippen LogP contribution in [-0.4, -0.2) is 61.8 Å². The number of halogens is 1. The number of hydrogen-bond acceptors (Lipinski definition) is 8. The van der Waals surface area contributed by atoms with Gasteiger partial charge in [0.05, 0.1) is 24.7 Å². The molecule has 0 aromatic heterocycles. The number of carbonyl (C=O) groups excluding carboxylic acids is 2. The van der Waals surface area contributed by atoms with Gasteiger partial charge in [-0.1, -0.05) is 30.9 Å². The number of aliphatic hydroxyl groups excluding tert-OH is 2. The Morgan fingerprint density at radius 2 is 1.61 bits per heavy atom. The number of benzene rings is 2. The maximum atomic E-state index is 15.5. The Morgan fingerprint density at radius 1 is 0.955 bits per heavy atom. The normalized spacial score (nSPS) is 17.2. The minimum Gasteiger partial charge on any atom is -0.490 e. The Morgan fingerprint density at radius 3 is 2.20 bits per heavy atom. The van der Waals surface area contributed by atoms with Crippen molar-refractivity contribution in [3.8, 4) is 22.6 Å². The molecule has 1 aliphatic rings. The van der Waals surface area contributed by atoms with Crippen molar-refractivity contribution < 1.29 is 43.1 Å². The summed E-state index contributed by atoms with van der Waals surface area (Å²) in [5.41, 5.74) is 2.00. The first-order valence-corrected chi connectivity index (χ1v) is 15.3. The largest absolute Gasteiger partial charge is 0.490 e. The second kappa shape index (κ2) is 18.2. The molecule has 3 rings (SSSR count). The molecular weight excluding hydrogens is 567 g/mol. The number of aliphatic hydroxyl groups is 2. The minimum atomic E-state index is -0.711. The zero-order valence-corrected chi connectivity index (χ0v) is 25.8. The van der Waals surface area contributed by atoms with Crippen LogP contribution >= 0.6 is 0 Å². The van der Waals surface area contributed by atoms with Crippen molar-refractivity contribution in [2.75, 3.05) is 39.6 Å². The number of hydrogen-bond donors (Lipinski definition) is 2. The van der Waals surface area contributed by atoms with Gasteiger partial charge in [0.2, 0.25) is 0 Å². The van der Waals surface area contributed by atoms with Crippen molar-refractivity contribution in [1.82, 2.24) is 0 Å². The van der Waals surface area contributed by atoms with Gasteiger partial charge < -0.3 is 29.2 Å². The van der Waals surface area contributed by atoms with Gasteiger partial charge in [0.15, 0.2) is 0 Å². The lowest BCUT2D eigenvalue weighted by molar-refractivity contribution is -0.149. The van der Waals surface area contributed by atoms with Crippen LogP contribution in [0.15, 0.2) is 60.7 Å². The Bertz CT molecular complexity index is 1270. The average molecular weight is 613 g/mol. The van der Waals surface area contributed by atoms with Crippen LogP contribution in [0.5, 0.6) is 11.5 Å². The van der Waals surface area contributed by atoms with Crippen molar-refractivity contribution in [2.24, 2.45) is 11.8 Å². The quantitative estimate of drug-likeness (QED) is 0.0948. The molecule has 1 aliphatic carbocycles. The standard InChI is InChI=1S/C35H45FO8/c1-4-5-6-7-26-8-10-27(11-9-26)32-13-12-28(20-33(32)36)29-18-30(41-14-16-43-34(39)24(2)22-37)21-31(19-29)42-15-17-44-35(40)25(3)23-38/h4-5,12-13,18-21,25-27,37-38H,2,6-11,14-17,22-23H2,1,3H3/b5-4+. The van der Waals surface area contributed by atoms with Gasteiger partial charge in [-0.05, 0) is 99.1 Å². The Hall–Kier alpha value is -3.69. The van der Waals surface area contributed by atoms with Crippen molar-refractivity contribution in [1.29, 1.82) is 0 Å². The van der Waals surface area contributed by atoms with Gasteiger partial charge in [0.25, 0.3) is 0 Å². The summed E-state index contributed by atoms with van der Waals surface area (Å²) in [7, 11) is 0. The Kier molecular flexibility index (Phi) is 14.4. The predicted molar refractivity (Wildman–Crippen MR) is 166 cm³/mol. The lowest BCUT2D eigenvalue weighted by Gasteiger charge is -2.29. The van der Waals surface area contributed by atoms with Gasteiger partial charge in [-0.3, -0.25) is 4.79 Å². The van der Waals surface area contributed by atoms with Crippen LogP contribution in [-0.2, 0) is 19.1 Å². The summed E-state index contributed by atoms with van der Waals surface area (Å²) in [5, 5.41) is 18.1. The molecule has 8 nitrogen and oxygen atoms in total. The molecule has 0 amide bonds. The zero-order chi connectivity index (χ0) is 31.9. The molecule has 9 heteroatoms. The summed E-state index contributed by atoms with van der Waals surface area (Å²) in [5.74, 6) is -0.383. The molecule has 2 N–H and O–H groups in total. The fourth-order valence-corrected chi connectivity index (χ4v) is 5.18. The first-order valence-electron chi connectivity index (χ1n) is 15.3. The smallest absolute Gasteiger partial charge is 0.335 e.